The number of H-pyrrole nitrogens is 1. The number of piperidine rings is 1. The zero-order chi connectivity index (χ0) is 21.2. The summed E-state index contributed by atoms with van der Waals surface area (Å²) in [4.78, 5) is 28.8. The Hall–Kier alpha value is -2.54. The van der Waals surface area contributed by atoms with E-state index in [9.17, 15) is 4.79 Å². The number of carbonyl (C=O) groups is 1. The number of fused-ring (bicyclic) bond motifs is 2. The van der Waals surface area contributed by atoms with Crippen LogP contribution in [0.5, 0.6) is 0 Å². The number of nitrogens with zero attached hydrogens (tertiary/aromatic N) is 3. The fourth-order valence-corrected chi connectivity index (χ4v) is 5.61. The molecule has 1 aliphatic carbocycles. The van der Waals surface area contributed by atoms with Gasteiger partial charge in [0.2, 0.25) is 5.91 Å². The third-order valence-corrected chi connectivity index (χ3v) is 7.40. The van der Waals surface area contributed by atoms with Crippen molar-refractivity contribution in [1.82, 2.24) is 20.3 Å². The minimum atomic E-state index is 0.115. The summed E-state index contributed by atoms with van der Waals surface area (Å²) >= 11 is 1.60. The number of amides is 1. The largest absolute Gasteiger partial charge is 0.360 e. The van der Waals surface area contributed by atoms with Crippen molar-refractivity contribution in [3.63, 3.8) is 0 Å². The zero-order valence-corrected chi connectivity index (χ0v) is 18.8. The van der Waals surface area contributed by atoms with E-state index < -0.39 is 0 Å². The number of aromatic nitrogens is 3. The highest BCUT2D eigenvalue weighted by Crippen LogP contribution is 2.30. The third-order valence-electron chi connectivity index (χ3n) is 6.34. The van der Waals surface area contributed by atoms with E-state index >= 15 is 0 Å². The Balaban J connectivity index is 1.15. The fraction of sp³-hybridized carbons (Fsp3) is 0.458. The lowest BCUT2D eigenvalue weighted by atomic mass is 9.95. The Morgan fingerprint density at radius 1 is 1.19 bits per heavy atom. The van der Waals surface area contributed by atoms with Crippen molar-refractivity contribution in [1.29, 1.82) is 0 Å². The van der Waals surface area contributed by atoms with Gasteiger partial charge < -0.3 is 15.2 Å². The maximum absolute atomic E-state index is 12.6. The summed E-state index contributed by atoms with van der Waals surface area (Å²) in [7, 11) is 0. The number of aromatic amines is 1. The molecule has 162 valence electrons. The summed E-state index contributed by atoms with van der Waals surface area (Å²) in [5.74, 6) is 2.58. The topological polar surface area (TPSA) is 73.9 Å². The number of para-hydroxylation sites is 1. The molecule has 1 amide bonds. The molecule has 2 aromatic heterocycles. The van der Waals surface area contributed by atoms with E-state index in [1.807, 2.05) is 25.3 Å². The van der Waals surface area contributed by atoms with Crippen LogP contribution in [0.2, 0.25) is 0 Å². The molecule has 5 rings (SSSR count). The first-order chi connectivity index (χ1) is 15.2. The van der Waals surface area contributed by atoms with E-state index in [4.69, 9.17) is 4.98 Å². The monoisotopic (exact) mass is 435 g/mol. The summed E-state index contributed by atoms with van der Waals surface area (Å²) in [6.07, 6.45) is 8.54. The molecule has 1 aromatic carbocycles. The SMILES string of the molecule is Cc1nc2c(c(N3CCC(NC(=O)CSc4c[nH]c5ccccc45)CC3)n1)CCCC2. The minimum absolute atomic E-state index is 0.115. The van der Waals surface area contributed by atoms with E-state index in [0.717, 1.165) is 60.8 Å². The lowest BCUT2D eigenvalue weighted by Crippen LogP contribution is -2.45. The maximum atomic E-state index is 12.6. The zero-order valence-electron chi connectivity index (χ0n) is 18.0. The van der Waals surface area contributed by atoms with Crippen LogP contribution in [-0.2, 0) is 17.6 Å². The molecule has 1 aliphatic heterocycles. The second kappa shape index (κ2) is 8.91. The number of rotatable bonds is 5. The van der Waals surface area contributed by atoms with Crippen molar-refractivity contribution in [2.24, 2.45) is 0 Å². The number of benzene rings is 1. The summed E-state index contributed by atoms with van der Waals surface area (Å²) < 4.78 is 0. The third kappa shape index (κ3) is 4.42. The molecule has 0 atom stereocenters. The van der Waals surface area contributed by atoms with Crippen LogP contribution in [0.3, 0.4) is 0 Å². The lowest BCUT2D eigenvalue weighted by molar-refractivity contribution is -0.119. The Morgan fingerprint density at radius 2 is 2.00 bits per heavy atom. The molecule has 2 aliphatic rings. The maximum Gasteiger partial charge on any atom is 0.230 e. The van der Waals surface area contributed by atoms with Crippen molar-refractivity contribution in [3.8, 4) is 0 Å². The number of hydrogen-bond acceptors (Lipinski definition) is 5. The molecule has 0 radical (unpaired) electrons. The first-order valence-electron chi connectivity index (χ1n) is 11.3. The smallest absolute Gasteiger partial charge is 0.230 e. The van der Waals surface area contributed by atoms with Gasteiger partial charge in [0.15, 0.2) is 0 Å². The number of thioether (sulfide) groups is 1. The van der Waals surface area contributed by atoms with Gasteiger partial charge in [-0.2, -0.15) is 0 Å². The van der Waals surface area contributed by atoms with Gasteiger partial charge in [-0.25, -0.2) is 9.97 Å². The molecule has 6 nitrogen and oxygen atoms in total. The summed E-state index contributed by atoms with van der Waals surface area (Å²) in [5.41, 5.74) is 3.72. The molecule has 0 bridgehead atoms. The first kappa shape index (κ1) is 20.4. The highest BCUT2D eigenvalue weighted by Gasteiger charge is 2.26. The van der Waals surface area contributed by atoms with Gasteiger partial charge in [0.1, 0.15) is 11.6 Å². The van der Waals surface area contributed by atoms with Gasteiger partial charge in [0, 0.05) is 52.4 Å². The van der Waals surface area contributed by atoms with Gasteiger partial charge >= 0.3 is 0 Å². The van der Waals surface area contributed by atoms with Crippen LogP contribution in [0, 0.1) is 6.92 Å². The van der Waals surface area contributed by atoms with E-state index in [0.29, 0.717) is 5.75 Å². The first-order valence-corrected chi connectivity index (χ1v) is 12.3. The molecule has 2 N–H and O–H groups in total. The molecule has 7 heteroatoms. The van der Waals surface area contributed by atoms with Crippen molar-refractivity contribution in [2.75, 3.05) is 23.7 Å². The van der Waals surface area contributed by atoms with Crippen LogP contribution in [-0.4, -0.2) is 45.7 Å². The number of aryl methyl sites for hydroxylation is 2. The average molecular weight is 436 g/mol. The molecular formula is C24H29N5OS. The molecule has 1 fully saturated rings. The van der Waals surface area contributed by atoms with Crippen molar-refractivity contribution >= 4 is 34.4 Å². The lowest BCUT2D eigenvalue weighted by Gasteiger charge is -2.35. The van der Waals surface area contributed by atoms with Gasteiger partial charge in [-0.3, -0.25) is 4.79 Å². The summed E-state index contributed by atoms with van der Waals surface area (Å²) in [6, 6.07) is 8.44. The molecule has 0 unspecified atom stereocenters. The van der Waals surface area contributed by atoms with E-state index in [2.05, 4.69) is 32.3 Å². The Morgan fingerprint density at radius 3 is 2.87 bits per heavy atom. The van der Waals surface area contributed by atoms with Crippen LogP contribution in [0.15, 0.2) is 35.4 Å². The Kier molecular flexibility index (Phi) is 5.85. The van der Waals surface area contributed by atoms with Crippen molar-refractivity contribution in [2.45, 2.75) is 56.4 Å². The highest BCUT2D eigenvalue weighted by atomic mass is 32.2. The highest BCUT2D eigenvalue weighted by molar-refractivity contribution is 8.00. The van der Waals surface area contributed by atoms with Crippen LogP contribution in [0.4, 0.5) is 5.82 Å². The molecular weight excluding hydrogens is 406 g/mol. The van der Waals surface area contributed by atoms with Crippen LogP contribution in [0.25, 0.3) is 10.9 Å². The van der Waals surface area contributed by atoms with Gasteiger partial charge in [-0.05, 0) is 51.5 Å². The number of nitrogens with one attached hydrogen (secondary N) is 2. The van der Waals surface area contributed by atoms with Gasteiger partial charge in [-0.1, -0.05) is 18.2 Å². The number of hydrogen-bond donors (Lipinski definition) is 2. The molecule has 3 aromatic rings. The second-order valence-corrected chi connectivity index (χ2v) is 9.56. The fourth-order valence-electron chi connectivity index (χ4n) is 4.77. The predicted octanol–water partition coefficient (Wildman–Crippen LogP) is 4.02. The molecule has 31 heavy (non-hydrogen) atoms. The number of carbonyl (C=O) groups excluding carboxylic acids is 1. The minimum Gasteiger partial charge on any atom is -0.360 e. The quantitative estimate of drug-likeness (QED) is 0.592. The van der Waals surface area contributed by atoms with Gasteiger partial charge in [-0.15, -0.1) is 11.8 Å². The Labute approximate surface area is 187 Å². The average Bonchev–Trinajstić information content (AvgIpc) is 3.21. The van der Waals surface area contributed by atoms with E-state index in [-0.39, 0.29) is 11.9 Å². The molecule has 0 saturated carbocycles. The van der Waals surface area contributed by atoms with Crippen molar-refractivity contribution < 1.29 is 4.79 Å². The van der Waals surface area contributed by atoms with E-state index in [1.54, 1.807) is 11.8 Å². The van der Waals surface area contributed by atoms with Gasteiger partial charge in [0.05, 0.1) is 5.75 Å². The van der Waals surface area contributed by atoms with Crippen LogP contribution < -0.4 is 10.2 Å². The summed E-state index contributed by atoms with van der Waals surface area (Å²) in [6.45, 7) is 3.86. The molecule has 0 spiro atoms. The predicted molar refractivity (Wildman–Crippen MR) is 126 cm³/mol. The van der Waals surface area contributed by atoms with Crippen LogP contribution in [0.1, 0.15) is 42.8 Å². The van der Waals surface area contributed by atoms with Crippen LogP contribution >= 0.6 is 11.8 Å². The Bertz CT molecular complexity index is 1090. The second-order valence-electron chi connectivity index (χ2n) is 8.54. The molecule has 1 saturated heterocycles. The molecule has 3 heterocycles. The standard InChI is InChI=1S/C24H29N5OS/c1-16-26-21-9-5-3-7-19(21)24(27-16)29-12-10-17(11-13-29)28-23(30)15-31-22-14-25-20-8-4-2-6-18(20)22/h2,4,6,8,14,17,25H,3,5,7,9-13,15H2,1H3,(H,28,30). The van der Waals surface area contributed by atoms with Gasteiger partial charge in [0.25, 0.3) is 0 Å². The normalized spacial score (nSPS) is 17.0. The van der Waals surface area contributed by atoms with Crippen molar-refractivity contribution in [3.05, 3.63) is 47.5 Å². The van der Waals surface area contributed by atoms with E-state index in [1.165, 1.54) is 29.5 Å². The number of anilines is 1. The summed E-state index contributed by atoms with van der Waals surface area (Å²) in [5, 5.41) is 4.42.